The summed E-state index contributed by atoms with van der Waals surface area (Å²) in [5.74, 6) is 2.50. The van der Waals surface area contributed by atoms with Gasteiger partial charge in [-0.2, -0.15) is 0 Å². The number of aromatic nitrogens is 2. The molecule has 1 heterocycles. The highest BCUT2D eigenvalue weighted by atomic mass is 15.1. The van der Waals surface area contributed by atoms with E-state index >= 15 is 0 Å². The zero-order valence-electron chi connectivity index (χ0n) is 10.7. The van der Waals surface area contributed by atoms with Gasteiger partial charge in [0, 0.05) is 24.2 Å². The van der Waals surface area contributed by atoms with E-state index in [0.29, 0.717) is 12.6 Å². The summed E-state index contributed by atoms with van der Waals surface area (Å²) in [5.41, 5.74) is 5.68. The van der Waals surface area contributed by atoms with Crippen LogP contribution in [0.3, 0.4) is 0 Å². The van der Waals surface area contributed by atoms with E-state index in [1.807, 2.05) is 26.8 Å². The first-order chi connectivity index (χ1) is 7.92. The minimum Gasteiger partial charge on any atom is -0.368 e. The summed E-state index contributed by atoms with van der Waals surface area (Å²) < 4.78 is 0. The predicted octanol–water partition coefficient (Wildman–Crippen LogP) is 1.51. The van der Waals surface area contributed by atoms with E-state index in [-0.39, 0.29) is 5.54 Å². The second-order valence-electron chi connectivity index (χ2n) is 5.45. The van der Waals surface area contributed by atoms with E-state index in [1.54, 1.807) is 0 Å². The summed E-state index contributed by atoms with van der Waals surface area (Å²) in [6.45, 7) is 6.55. The fourth-order valence-electron chi connectivity index (χ4n) is 1.49. The number of hydrogen-bond donors (Lipinski definition) is 3. The van der Waals surface area contributed by atoms with Gasteiger partial charge in [0.05, 0.1) is 0 Å². The summed E-state index contributed by atoms with van der Waals surface area (Å²) in [5, 5.41) is 6.62. The molecule has 0 radical (unpaired) electrons. The molecular weight excluding hydrogens is 214 g/mol. The van der Waals surface area contributed by atoms with Gasteiger partial charge in [-0.25, -0.2) is 9.97 Å². The topological polar surface area (TPSA) is 75.9 Å². The number of nitrogens with zero attached hydrogens (tertiary/aromatic N) is 2. The van der Waals surface area contributed by atoms with Crippen LogP contribution in [0.15, 0.2) is 6.07 Å². The van der Waals surface area contributed by atoms with Crippen LogP contribution in [0.2, 0.25) is 0 Å². The summed E-state index contributed by atoms with van der Waals surface area (Å²) in [6.07, 6.45) is 2.48. The van der Waals surface area contributed by atoms with E-state index in [4.69, 9.17) is 5.73 Å². The Morgan fingerprint density at radius 1 is 1.35 bits per heavy atom. The third-order valence-corrected chi connectivity index (χ3v) is 2.49. The molecule has 2 rings (SSSR count). The molecule has 1 fully saturated rings. The smallest absolute Gasteiger partial charge is 0.132 e. The fourth-order valence-corrected chi connectivity index (χ4v) is 1.49. The third-order valence-electron chi connectivity index (χ3n) is 2.49. The van der Waals surface area contributed by atoms with Crippen molar-refractivity contribution in [1.82, 2.24) is 9.97 Å². The lowest BCUT2D eigenvalue weighted by Crippen LogP contribution is -2.39. The van der Waals surface area contributed by atoms with E-state index in [0.717, 1.165) is 17.5 Å². The van der Waals surface area contributed by atoms with Gasteiger partial charge >= 0.3 is 0 Å². The van der Waals surface area contributed by atoms with Crippen LogP contribution in [-0.4, -0.2) is 28.1 Å². The molecule has 0 saturated heterocycles. The number of aryl methyl sites for hydroxylation is 1. The van der Waals surface area contributed by atoms with Crippen molar-refractivity contribution in [3.05, 3.63) is 11.9 Å². The summed E-state index contributed by atoms with van der Waals surface area (Å²) >= 11 is 0. The van der Waals surface area contributed by atoms with Gasteiger partial charge in [-0.15, -0.1) is 0 Å². The maximum atomic E-state index is 5.93. The first kappa shape index (κ1) is 12.1. The monoisotopic (exact) mass is 235 g/mol. The van der Waals surface area contributed by atoms with Gasteiger partial charge in [-0.05, 0) is 33.6 Å². The van der Waals surface area contributed by atoms with Crippen LogP contribution in [-0.2, 0) is 0 Å². The van der Waals surface area contributed by atoms with Gasteiger partial charge in [0.2, 0.25) is 0 Å². The lowest BCUT2D eigenvalue weighted by atomic mass is 10.1. The highest BCUT2D eigenvalue weighted by Crippen LogP contribution is 2.24. The molecule has 1 aliphatic rings. The lowest BCUT2D eigenvalue weighted by molar-refractivity contribution is 0.548. The van der Waals surface area contributed by atoms with Crippen LogP contribution in [0.25, 0.3) is 0 Å². The van der Waals surface area contributed by atoms with Gasteiger partial charge < -0.3 is 16.4 Å². The molecule has 0 aromatic carbocycles. The molecular formula is C12H21N5. The van der Waals surface area contributed by atoms with Gasteiger partial charge in [0.25, 0.3) is 0 Å². The summed E-state index contributed by atoms with van der Waals surface area (Å²) in [4.78, 5) is 8.71. The largest absolute Gasteiger partial charge is 0.368 e. The second-order valence-corrected chi connectivity index (χ2v) is 5.45. The molecule has 17 heavy (non-hydrogen) atoms. The maximum absolute atomic E-state index is 5.93. The zero-order chi connectivity index (χ0) is 12.5. The van der Waals surface area contributed by atoms with Crippen LogP contribution in [0.5, 0.6) is 0 Å². The minimum absolute atomic E-state index is 0.247. The van der Waals surface area contributed by atoms with Crippen molar-refractivity contribution in [2.45, 2.75) is 45.2 Å². The molecule has 1 aromatic heterocycles. The van der Waals surface area contributed by atoms with Crippen molar-refractivity contribution in [3.63, 3.8) is 0 Å². The van der Waals surface area contributed by atoms with Crippen molar-refractivity contribution in [1.29, 1.82) is 0 Å². The summed E-state index contributed by atoms with van der Waals surface area (Å²) in [7, 11) is 0. The van der Waals surface area contributed by atoms with Crippen LogP contribution >= 0.6 is 0 Å². The number of nitrogens with two attached hydrogens (primary N) is 1. The SMILES string of the molecule is Cc1nc(NCC(C)(C)N)cc(NC2CC2)n1. The van der Waals surface area contributed by atoms with Gasteiger partial charge in [0.15, 0.2) is 0 Å². The van der Waals surface area contributed by atoms with E-state index < -0.39 is 0 Å². The lowest BCUT2D eigenvalue weighted by Gasteiger charge is -2.19. The normalized spacial score (nSPS) is 15.8. The molecule has 0 bridgehead atoms. The standard InChI is InChI=1S/C12H21N5/c1-8-15-10(14-7-12(2,3)13)6-11(16-8)17-9-4-5-9/h6,9H,4-5,7,13H2,1-3H3,(H2,14,15,16,17). The fraction of sp³-hybridized carbons (Fsp3) is 0.667. The first-order valence-corrected chi connectivity index (χ1v) is 6.07. The molecule has 0 spiro atoms. The Hall–Kier alpha value is -1.36. The molecule has 1 aromatic rings. The van der Waals surface area contributed by atoms with Crippen molar-refractivity contribution in [3.8, 4) is 0 Å². The van der Waals surface area contributed by atoms with E-state index in [9.17, 15) is 0 Å². The van der Waals surface area contributed by atoms with Crippen molar-refractivity contribution in [2.75, 3.05) is 17.2 Å². The molecule has 0 aliphatic heterocycles. The van der Waals surface area contributed by atoms with Gasteiger partial charge in [0.1, 0.15) is 17.5 Å². The third kappa shape index (κ3) is 4.19. The molecule has 1 saturated carbocycles. The Labute approximate surface area is 102 Å². The average Bonchev–Trinajstić information content (AvgIpc) is 2.97. The van der Waals surface area contributed by atoms with Crippen molar-refractivity contribution in [2.24, 2.45) is 5.73 Å². The number of rotatable bonds is 5. The Kier molecular flexibility index (Phi) is 3.19. The first-order valence-electron chi connectivity index (χ1n) is 6.07. The second kappa shape index (κ2) is 4.49. The zero-order valence-corrected chi connectivity index (χ0v) is 10.7. The van der Waals surface area contributed by atoms with E-state index in [1.165, 1.54) is 12.8 Å². The Morgan fingerprint density at radius 2 is 2.00 bits per heavy atom. The summed E-state index contributed by atoms with van der Waals surface area (Å²) in [6, 6.07) is 2.54. The van der Waals surface area contributed by atoms with Crippen molar-refractivity contribution >= 4 is 11.6 Å². The minimum atomic E-state index is -0.247. The Bertz CT molecular complexity index is 392. The molecule has 1 aliphatic carbocycles. The Balaban J connectivity index is 2.02. The molecule has 94 valence electrons. The van der Waals surface area contributed by atoms with Crippen LogP contribution in [0, 0.1) is 6.92 Å². The highest BCUT2D eigenvalue weighted by molar-refractivity contribution is 5.48. The molecule has 0 amide bonds. The quantitative estimate of drug-likeness (QED) is 0.721. The number of anilines is 2. The average molecular weight is 235 g/mol. The molecule has 5 nitrogen and oxygen atoms in total. The number of hydrogen-bond acceptors (Lipinski definition) is 5. The molecule has 5 heteroatoms. The maximum Gasteiger partial charge on any atom is 0.132 e. The van der Waals surface area contributed by atoms with Crippen molar-refractivity contribution < 1.29 is 0 Å². The van der Waals surface area contributed by atoms with Crippen LogP contribution < -0.4 is 16.4 Å². The van der Waals surface area contributed by atoms with Gasteiger partial charge in [-0.3, -0.25) is 0 Å². The highest BCUT2D eigenvalue weighted by Gasteiger charge is 2.21. The Morgan fingerprint density at radius 3 is 2.59 bits per heavy atom. The molecule has 4 N–H and O–H groups in total. The predicted molar refractivity (Wildman–Crippen MR) is 70.2 cm³/mol. The van der Waals surface area contributed by atoms with Gasteiger partial charge in [-0.1, -0.05) is 0 Å². The number of nitrogens with one attached hydrogen (secondary N) is 2. The van der Waals surface area contributed by atoms with Crippen LogP contribution in [0.4, 0.5) is 11.6 Å². The van der Waals surface area contributed by atoms with Crippen LogP contribution in [0.1, 0.15) is 32.5 Å². The molecule has 0 atom stereocenters. The van der Waals surface area contributed by atoms with E-state index in [2.05, 4.69) is 20.6 Å². The molecule has 0 unspecified atom stereocenters.